The average molecular weight is 406 g/mol. The SMILES string of the molecule is N#Cc1nc(-c2c(F)cccc2Cl)[nH]c1-c1cnc(OCc2ccccc2)nc1. The van der Waals surface area contributed by atoms with Crippen LogP contribution < -0.4 is 4.74 Å². The van der Waals surface area contributed by atoms with Gasteiger partial charge in [-0.15, -0.1) is 0 Å². The van der Waals surface area contributed by atoms with Crippen molar-refractivity contribution >= 4 is 11.6 Å². The van der Waals surface area contributed by atoms with E-state index in [1.807, 2.05) is 36.4 Å². The third-order valence-electron chi connectivity index (χ3n) is 4.14. The van der Waals surface area contributed by atoms with E-state index < -0.39 is 5.82 Å². The molecule has 0 spiro atoms. The van der Waals surface area contributed by atoms with E-state index in [-0.39, 0.29) is 28.1 Å². The standard InChI is InChI=1S/C21H13ClFN5O/c22-15-7-4-8-16(23)18(15)20-27-17(9-24)19(28-20)14-10-25-21(26-11-14)29-12-13-5-2-1-3-6-13/h1-8,10-11H,12H2,(H,27,28). The Morgan fingerprint density at radius 2 is 1.83 bits per heavy atom. The molecule has 4 rings (SSSR count). The molecular formula is C21H13ClFN5O. The van der Waals surface area contributed by atoms with E-state index in [0.29, 0.717) is 17.9 Å². The summed E-state index contributed by atoms with van der Waals surface area (Å²) in [5.74, 6) is -0.382. The second-order valence-corrected chi connectivity index (χ2v) is 6.45. The Balaban J connectivity index is 1.60. The van der Waals surface area contributed by atoms with Crippen molar-refractivity contribution in [3.8, 4) is 34.7 Å². The van der Waals surface area contributed by atoms with Gasteiger partial charge in [-0.3, -0.25) is 0 Å². The number of halogens is 2. The molecular weight excluding hydrogens is 393 g/mol. The highest BCUT2D eigenvalue weighted by atomic mass is 35.5. The first kappa shape index (κ1) is 18.6. The quantitative estimate of drug-likeness (QED) is 0.516. The molecule has 0 atom stereocenters. The summed E-state index contributed by atoms with van der Waals surface area (Å²) in [6, 6.07) is 16.2. The maximum Gasteiger partial charge on any atom is 0.316 e. The molecule has 8 heteroatoms. The Morgan fingerprint density at radius 1 is 1.07 bits per heavy atom. The first-order valence-corrected chi connectivity index (χ1v) is 8.97. The summed E-state index contributed by atoms with van der Waals surface area (Å²) in [6.07, 6.45) is 3.02. The number of ether oxygens (including phenoxy) is 1. The topological polar surface area (TPSA) is 87.5 Å². The van der Waals surface area contributed by atoms with Crippen molar-refractivity contribution in [1.29, 1.82) is 5.26 Å². The number of H-pyrrole nitrogens is 1. The molecule has 142 valence electrons. The zero-order valence-corrected chi connectivity index (χ0v) is 15.7. The normalized spacial score (nSPS) is 10.5. The molecule has 0 unspecified atom stereocenters. The van der Waals surface area contributed by atoms with Gasteiger partial charge in [0.25, 0.3) is 0 Å². The number of nitriles is 1. The van der Waals surface area contributed by atoms with Crippen molar-refractivity contribution in [2.24, 2.45) is 0 Å². The molecule has 0 aliphatic rings. The van der Waals surface area contributed by atoms with Crippen molar-refractivity contribution in [3.05, 3.63) is 83.0 Å². The van der Waals surface area contributed by atoms with Crippen LogP contribution in [0, 0.1) is 17.1 Å². The number of benzene rings is 2. The number of imidazole rings is 1. The first-order valence-electron chi connectivity index (χ1n) is 8.59. The fourth-order valence-corrected chi connectivity index (χ4v) is 3.00. The molecule has 0 radical (unpaired) electrons. The van der Waals surface area contributed by atoms with Gasteiger partial charge >= 0.3 is 6.01 Å². The molecule has 0 aliphatic heterocycles. The number of aromatic nitrogens is 4. The molecule has 2 aromatic carbocycles. The Hall–Kier alpha value is -3.76. The molecule has 0 saturated carbocycles. The monoisotopic (exact) mass is 405 g/mol. The molecule has 2 aromatic heterocycles. The van der Waals surface area contributed by atoms with Gasteiger partial charge < -0.3 is 9.72 Å². The maximum atomic E-state index is 14.2. The van der Waals surface area contributed by atoms with Crippen molar-refractivity contribution in [2.75, 3.05) is 0 Å². The number of hydrogen-bond acceptors (Lipinski definition) is 5. The van der Waals surface area contributed by atoms with E-state index in [2.05, 4.69) is 19.9 Å². The van der Waals surface area contributed by atoms with Crippen LogP contribution in [0.15, 0.2) is 60.9 Å². The molecule has 0 amide bonds. The van der Waals surface area contributed by atoms with Gasteiger partial charge in [0.15, 0.2) is 5.69 Å². The van der Waals surface area contributed by atoms with E-state index in [9.17, 15) is 9.65 Å². The van der Waals surface area contributed by atoms with E-state index >= 15 is 0 Å². The van der Waals surface area contributed by atoms with Crippen LogP contribution in [0.25, 0.3) is 22.6 Å². The highest BCUT2D eigenvalue weighted by Crippen LogP contribution is 2.31. The van der Waals surface area contributed by atoms with Gasteiger partial charge in [-0.2, -0.15) is 5.26 Å². The number of rotatable bonds is 5. The van der Waals surface area contributed by atoms with Crippen molar-refractivity contribution in [1.82, 2.24) is 19.9 Å². The lowest BCUT2D eigenvalue weighted by atomic mass is 10.2. The Kier molecular flexibility index (Phi) is 5.18. The number of aromatic amines is 1. The summed E-state index contributed by atoms with van der Waals surface area (Å²) in [4.78, 5) is 15.5. The summed E-state index contributed by atoms with van der Waals surface area (Å²) in [7, 11) is 0. The maximum absolute atomic E-state index is 14.2. The molecule has 2 heterocycles. The number of nitrogens with one attached hydrogen (secondary N) is 1. The van der Waals surface area contributed by atoms with Gasteiger partial charge in [-0.1, -0.05) is 48.0 Å². The smallest absolute Gasteiger partial charge is 0.316 e. The van der Waals surface area contributed by atoms with Gasteiger partial charge in [0.1, 0.15) is 24.3 Å². The minimum absolute atomic E-state index is 0.0841. The second-order valence-electron chi connectivity index (χ2n) is 6.05. The molecule has 0 bridgehead atoms. The molecule has 6 nitrogen and oxygen atoms in total. The zero-order valence-electron chi connectivity index (χ0n) is 14.9. The van der Waals surface area contributed by atoms with Crippen LogP contribution in [0.5, 0.6) is 6.01 Å². The van der Waals surface area contributed by atoms with Crippen LogP contribution in [-0.4, -0.2) is 19.9 Å². The zero-order chi connectivity index (χ0) is 20.2. The van der Waals surface area contributed by atoms with Gasteiger partial charge in [-0.05, 0) is 17.7 Å². The Labute approximate surface area is 170 Å². The van der Waals surface area contributed by atoms with E-state index in [4.69, 9.17) is 16.3 Å². The van der Waals surface area contributed by atoms with Crippen LogP contribution in [0.2, 0.25) is 5.02 Å². The molecule has 1 N–H and O–H groups in total. The number of hydrogen-bond donors (Lipinski definition) is 1. The van der Waals surface area contributed by atoms with Crippen LogP contribution in [0.4, 0.5) is 4.39 Å². The summed E-state index contributed by atoms with van der Waals surface area (Å²) in [6.45, 7) is 0.337. The Bertz CT molecular complexity index is 1170. The van der Waals surface area contributed by atoms with Crippen LogP contribution in [0.1, 0.15) is 11.3 Å². The van der Waals surface area contributed by atoms with Gasteiger partial charge in [0.05, 0.1) is 16.3 Å². The van der Waals surface area contributed by atoms with Crippen molar-refractivity contribution < 1.29 is 9.13 Å². The molecule has 0 fully saturated rings. The summed E-state index contributed by atoms with van der Waals surface area (Å²) >= 11 is 6.10. The van der Waals surface area contributed by atoms with Crippen molar-refractivity contribution in [2.45, 2.75) is 6.61 Å². The third-order valence-corrected chi connectivity index (χ3v) is 4.45. The fourth-order valence-electron chi connectivity index (χ4n) is 2.75. The molecule has 0 aliphatic carbocycles. The lowest BCUT2D eigenvalue weighted by molar-refractivity contribution is 0.281. The molecule has 4 aromatic rings. The van der Waals surface area contributed by atoms with Crippen LogP contribution in [0.3, 0.4) is 0 Å². The summed E-state index contributed by atoms with van der Waals surface area (Å²) in [5.41, 5.74) is 2.06. The predicted molar refractivity (Wildman–Crippen MR) is 106 cm³/mol. The molecule has 0 saturated heterocycles. The lowest BCUT2D eigenvalue weighted by Crippen LogP contribution is -1.99. The summed E-state index contributed by atoms with van der Waals surface area (Å²) in [5, 5.41) is 9.61. The van der Waals surface area contributed by atoms with Crippen molar-refractivity contribution in [3.63, 3.8) is 0 Å². The fraction of sp³-hybridized carbons (Fsp3) is 0.0476. The van der Waals surface area contributed by atoms with Crippen LogP contribution >= 0.6 is 11.6 Å². The lowest BCUT2D eigenvalue weighted by Gasteiger charge is -2.05. The minimum atomic E-state index is -0.539. The van der Waals surface area contributed by atoms with Gasteiger partial charge in [0.2, 0.25) is 0 Å². The van der Waals surface area contributed by atoms with Gasteiger partial charge in [-0.25, -0.2) is 19.3 Å². The number of nitrogens with zero attached hydrogens (tertiary/aromatic N) is 4. The predicted octanol–water partition coefficient (Wildman–Crippen LogP) is 4.78. The van der Waals surface area contributed by atoms with Crippen LogP contribution in [-0.2, 0) is 6.61 Å². The minimum Gasteiger partial charge on any atom is -0.459 e. The highest BCUT2D eigenvalue weighted by Gasteiger charge is 2.18. The second kappa shape index (κ2) is 8.09. The van der Waals surface area contributed by atoms with Gasteiger partial charge in [0, 0.05) is 18.0 Å². The van der Waals surface area contributed by atoms with E-state index in [1.165, 1.54) is 24.5 Å². The van der Waals surface area contributed by atoms with E-state index in [0.717, 1.165) is 5.56 Å². The summed E-state index contributed by atoms with van der Waals surface area (Å²) < 4.78 is 19.8. The Morgan fingerprint density at radius 3 is 2.52 bits per heavy atom. The molecule has 29 heavy (non-hydrogen) atoms. The highest BCUT2D eigenvalue weighted by molar-refractivity contribution is 6.33. The average Bonchev–Trinajstić information content (AvgIpc) is 3.17. The largest absolute Gasteiger partial charge is 0.459 e. The van der Waals surface area contributed by atoms with E-state index in [1.54, 1.807) is 6.07 Å². The first-order chi connectivity index (χ1) is 14.2. The third kappa shape index (κ3) is 3.93.